The molecule has 1 heterocycles. The molecule has 0 saturated heterocycles. The zero-order chi connectivity index (χ0) is 12.8. The molecule has 94 valence electrons. The van der Waals surface area contributed by atoms with Gasteiger partial charge in [-0.25, -0.2) is 0 Å². The molecular formula is C12H18N2O2S. The third kappa shape index (κ3) is 3.85. The monoisotopic (exact) mass is 254 g/mol. The highest BCUT2D eigenvalue weighted by Crippen LogP contribution is 2.16. The van der Waals surface area contributed by atoms with Crippen LogP contribution in [0.2, 0.25) is 0 Å². The molecule has 0 bridgehead atoms. The summed E-state index contributed by atoms with van der Waals surface area (Å²) in [5.41, 5.74) is 0. The van der Waals surface area contributed by atoms with Crippen molar-refractivity contribution in [2.75, 3.05) is 6.54 Å². The van der Waals surface area contributed by atoms with E-state index in [1.54, 1.807) is 13.0 Å². The number of aryl methyl sites for hydroxylation is 1. The van der Waals surface area contributed by atoms with Crippen LogP contribution in [0.4, 0.5) is 0 Å². The molecule has 2 amide bonds. The third-order valence-electron chi connectivity index (χ3n) is 2.33. The molecule has 1 unspecified atom stereocenters. The fourth-order valence-electron chi connectivity index (χ4n) is 1.35. The van der Waals surface area contributed by atoms with Crippen molar-refractivity contribution < 1.29 is 9.59 Å². The van der Waals surface area contributed by atoms with Gasteiger partial charge in [-0.2, -0.15) is 0 Å². The average molecular weight is 254 g/mol. The number of carbonyl (C=O) groups excluding carboxylic acids is 2. The maximum Gasteiger partial charge on any atom is 0.261 e. The lowest BCUT2D eigenvalue weighted by Gasteiger charge is -2.12. The minimum atomic E-state index is -0.505. The van der Waals surface area contributed by atoms with Crippen molar-refractivity contribution >= 4 is 23.2 Å². The number of hydrogen-bond donors (Lipinski definition) is 2. The Kier molecular flexibility index (Phi) is 5.15. The second kappa shape index (κ2) is 6.39. The van der Waals surface area contributed by atoms with Gasteiger partial charge in [0.1, 0.15) is 6.04 Å². The van der Waals surface area contributed by atoms with E-state index in [0.29, 0.717) is 11.4 Å². The van der Waals surface area contributed by atoms with Gasteiger partial charge in [0.15, 0.2) is 0 Å². The smallest absolute Gasteiger partial charge is 0.261 e. The SMILES string of the molecule is CCNC(=O)C(C)NC(=O)c1ccc(CC)s1. The molecule has 0 spiro atoms. The van der Waals surface area contributed by atoms with Crippen LogP contribution < -0.4 is 10.6 Å². The second-order valence-electron chi connectivity index (χ2n) is 3.71. The summed E-state index contributed by atoms with van der Waals surface area (Å²) >= 11 is 1.46. The lowest BCUT2D eigenvalue weighted by Crippen LogP contribution is -2.44. The van der Waals surface area contributed by atoms with Crippen molar-refractivity contribution in [3.63, 3.8) is 0 Å². The quantitative estimate of drug-likeness (QED) is 0.838. The molecule has 1 atom stereocenters. The molecule has 4 nitrogen and oxygen atoms in total. The molecule has 1 rings (SSSR count). The fourth-order valence-corrected chi connectivity index (χ4v) is 2.20. The van der Waals surface area contributed by atoms with Crippen molar-refractivity contribution in [1.29, 1.82) is 0 Å². The van der Waals surface area contributed by atoms with Gasteiger partial charge in [-0.15, -0.1) is 11.3 Å². The summed E-state index contributed by atoms with van der Waals surface area (Å²) in [6.45, 7) is 6.14. The molecule has 0 aliphatic heterocycles. The Labute approximate surface area is 105 Å². The maximum absolute atomic E-state index is 11.8. The lowest BCUT2D eigenvalue weighted by atomic mass is 10.3. The van der Waals surface area contributed by atoms with E-state index in [9.17, 15) is 9.59 Å². The first-order valence-electron chi connectivity index (χ1n) is 5.75. The predicted octanol–water partition coefficient (Wildman–Crippen LogP) is 1.56. The van der Waals surface area contributed by atoms with Gasteiger partial charge in [-0.1, -0.05) is 6.92 Å². The number of carbonyl (C=O) groups is 2. The Hall–Kier alpha value is -1.36. The van der Waals surface area contributed by atoms with Crippen molar-refractivity contribution in [1.82, 2.24) is 10.6 Å². The molecule has 0 saturated carbocycles. The van der Waals surface area contributed by atoms with Crippen molar-refractivity contribution in [2.45, 2.75) is 33.2 Å². The molecule has 1 aromatic rings. The molecule has 0 aromatic carbocycles. The van der Waals surface area contributed by atoms with Gasteiger partial charge < -0.3 is 10.6 Å². The summed E-state index contributed by atoms with van der Waals surface area (Å²) in [4.78, 5) is 25.1. The Balaban J connectivity index is 2.56. The van der Waals surface area contributed by atoms with Gasteiger partial charge in [-0.05, 0) is 32.4 Å². The summed E-state index contributed by atoms with van der Waals surface area (Å²) in [5.74, 6) is -0.346. The summed E-state index contributed by atoms with van der Waals surface area (Å²) in [5, 5.41) is 5.35. The molecule has 0 radical (unpaired) electrons. The van der Waals surface area contributed by atoms with E-state index < -0.39 is 6.04 Å². The zero-order valence-electron chi connectivity index (χ0n) is 10.4. The van der Waals surface area contributed by atoms with Crippen molar-refractivity contribution in [3.8, 4) is 0 Å². The van der Waals surface area contributed by atoms with Crippen molar-refractivity contribution in [3.05, 3.63) is 21.9 Å². The van der Waals surface area contributed by atoms with Crippen LogP contribution in [0.1, 0.15) is 35.3 Å². The molecule has 5 heteroatoms. The van der Waals surface area contributed by atoms with Crippen LogP contribution in [0.25, 0.3) is 0 Å². The van der Waals surface area contributed by atoms with Gasteiger partial charge in [0.2, 0.25) is 5.91 Å². The van der Waals surface area contributed by atoms with E-state index >= 15 is 0 Å². The standard InChI is InChI=1S/C12H18N2O2S/c1-4-9-6-7-10(17-9)12(16)14-8(3)11(15)13-5-2/h6-8H,4-5H2,1-3H3,(H,13,15)(H,14,16). The first-order valence-corrected chi connectivity index (χ1v) is 6.57. The number of rotatable bonds is 5. The van der Waals surface area contributed by atoms with Crippen LogP contribution in [0.5, 0.6) is 0 Å². The molecular weight excluding hydrogens is 236 g/mol. The number of amides is 2. The second-order valence-corrected chi connectivity index (χ2v) is 4.88. The van der Waals surface area contributed by atoms with E-state index in [0.717, 1.165) is 6.42 Å². The van der Waals surface area contributed by atoms with E-state index in [1.165, 1.54) is 16.2 Å². The number of hydrogen-bond acceptors (Lipinski definition) is 3. The van der Waals surface area contributed by atoms with Gasteiger partial charge >= 0.3 is 0 Å². The highest BCUT2D eigenvalue weighted by Gasteiger charge is 2.16. The van der Waals surface area contributed by atoms with E-state index in [-0.39, 0.29) is 11.8 Å². The van der Waals surface area contributed by atoms with Gasteiger partial charge in [-0.3, -0.25) is 9.59 Å². The summed E-state index contributed by atoms with van der Waals surface area (Å²) in [7, 11) is 0. The van der Waals surface area contributed by atoms with Gasteiger partial charge in [0, 0.05) is 11.4 Å². The number of nitrogens with one attached hydrogen (secondary N) is 2. The molecule has 0 aliphatic carbocycles. The average Bonchev–Trinajstić information content (AvgIpc) is 2.77. The number of likely N-dealkylation sites (N-methyl/N-ethyl adjacent to an activating group) is 1. The summed E-state index contributed by atoms with van der Waals surface area (Å²) < 4.78 is 0. The third-order valence-corrected chi connectivity index (χ3v) is 3.55. The molecule has 17 heavy (non-hydrogen) atoms. The molecule has 2 N–H and O–H groups in total. The van der Waals surface area contributed by atoms with Crippen LogP contribution >= 0.6 is 11.3 Å². The summed E-state index contributed by atoms with van der Waals surface area (Å²) in [6, 6.07) is 3.23. The Morgan fingerprint density at radius 3 is 2.59 bits per heavy atom. The lowest BCUT2D eigenvalue weighted by molar-refractivity contribution is -0.122. The topological polar surface area (TPSA) is 58.2 Å². The first-order chi connectivity index (χ1) is 8.08. The van der Waals surface area contributed by atoms with Crippen LogP contribution in [-0.4, -0.2) is 24.4 Å². The first kappa shape index (κ1) is 13.7. The Morgan fingerprint density at radius 1 is 1.35 bits per heavy atom. The van der Waals surface area contributed by atoms with Gasteiger partial charge in [0.05, 0.1) is 4.88 Å². The van der Waals surface area contributed by atoms with Crippen LogP contribution in [0.3, 0.4) is 0 Å². The largest absolute Gasteiger partial charge is 0.355 e. The van der Waals surface area contributed by atoms with E-state index in [1.807, 2.05) is 19.9 Å². The van der Waals surface area contributed by atoms with Crippen LogP contribution in [0.15, 0.2) is 12.1 Å². The van der Waals surface area contributed by atoms with E-state index in [4.69, 9.17) is 0 Å². The minimum absolute atomic E-state index is 0.159. The van der Waals surface area contributed by atoms with Crippen LogP contribution in [0, 0.1) is 0 Å². The predicted molar refractivity (Wildman–Crippen MR) is 69.3 cm³/mol. The highest BCUT2D eigenvalue weighted by atomic mass is 32.1. The Bertz CT molecular complexity index is 401. The zero-order valence-corrected chi connectivity index (χ0v) is 11.2. The van der Waals surface area contributed by atoms with Gasteiger partial charge in [0.25, 0.3) is 5.91 Å². The maximum atomic E-state index is 11.8. The fraction of sp³-hybridized carbons (Fsp3) is 0.500. The summed E-state index contributed by atoms with van der Waals surface area (Å²) in [6.07, 6.45) is 0.920. The molecule has 0 fully saturated rings. The number of thiophene rings is 1. The van der Waals surface area contributed by atoms with Crippen LogP contribution in [-0.2, 0) is 11.2 Å². The molecule has 1 aromatic heterocycles. The highest BCUT2D eigenvalue weighted by molar-refractivity contribution is 7.14. The normalized spacial score (nSPS) is 11.9. The Morgan fingerprint density at radius 2 is 2.06 bits per heavy atom. The van der Waals surface area contributed by atoms with Crippen molar-refractivity contribution in [2.24, 2.45) is 0 Å². The molecule has 0 aliphatic rings. The minimum Gasteiger partial charge on any atom is -0.355 e. The van der Waals surface area contributed by atoms with E-state index in [2.05, 4.69) is 10.6 Å².